The molecule has 0 saturated heterocycles. The average molecular weight is 150 g/mol. The third kappa shape index (κ3) is 1.74. The van der Waals surface area contributed by atoms with Crippen molar-refractivity contribution in [3.05, 3.63) is 23.3 Å². The van der Waals surface area contributed by atoms with E-state index in [0.717, 1.165) is 5.92 Å². The van der Waals surface area contributed by atoms with Gasteiger partial charge in [-0.15, -0.1) is 0 Å². The van der Waals surface area contributed by atoms with Crippen LogP contribution in [-0.4, -0.2) is 0 Å². The van der Waals surface area contributed by atoms with Crippen molar-refractivity contribution in [2.75, 3.05) is 0 Å². The summed E-state index contributed by atoms with van der Waals surface area (Å²) in [6.45, 7) is 6.69. The van der Waals surface area contributed by atoms with E-state index in [0.29, 0.717) is 0 Å². The lowest BCUT2D eigenvalue weighted by molar-refractivity contribution is 0.696. The summed E-state index contributed by atoms with van der Waals surface area (Å²) in [6, 6.07) is 0. The van der Waals surface area contributed by atoms with Crippen molar-refractivity contribution >= 4 is 0 Å². The highest BCUT2D eigenvalue weighted by Crippen LogP contribution is 2.35. The highest BCUT2D eigenvalue weighted by Gasteiger charge is 2.19. The van der Waals surface area contributed by atoms with Crippen molar-refractivity contribution in [1.29, 1.82) is 0 Å². The Balaban J connectivity index is 2.78. The lowest BCUT2D eigenvalue weighted by Gasteiger charge is -2.03. The highest BCUT2D eigenvalue weighted by atomic mass is 14.2. The van der Waals surface area contributed by atoms with Gasteiger partial charge in [-0.05, 0) is 43.3 Å². The topological polar surface area (TPSA) is 0 Å². The van der Waals surface area contributed by atoms with Crippen molar-refractivity contribution in [2.24, 2.45) is 5.92 Å². The van der Waals surface area contributed by atoms with Crippen LogP contribution in [0.5, 0.6) is 0 Å². The molecule has 1 fully saturated rings. The summed E-state index contributed by atoms with van der Waals surface area (Å²) in [5.74, 6) is 0.804. The summed E-state index contributed by atoms with van der Waals surface area (Å²) < 4.78 is 0. The summed E-state index contributed by atoms with van der Waals surface area (Å²) in [7, 11) is 0. The first-order valence-corrected chi connectivity index (χ1v) is 4.65. The maximum atomic E-state index is 2.37. The summed E-state index contributed by atoms with van der Waals surface area (Å²) in [4.78, 5) is 0. The molecule has 0 aromatic carbocycles. The summed E-state index contributed by atoms with van der Waals surface area (Å²) in [5, 5.41) is 0. The largest absolute Gasteiger partial charge is 0.0839 e. The lowest BCUT2D eigenvalue weighted by atomic mass is 10.0. The van der Waals surface area contributed by atoms with E-state index < -0.39 is 0 Å². The van der Waals surface area contributed by atoms with Gasteiger partial charge in [0.15, 0.2) is 0 Å². The van der Waals surface area contributed by atoms with Gasteiger partial charge < -0.3 is 0 Å². The molecule has 1 aliphatic carbocycles. The summed E-state index contributed by atoms with van der Waals surface area (Å²) >= 11 is 0. The molecule has 11 heavy (non-hydrogen) atoms. The van der Waals surface area contributed by atoms with Gasteiger partial charge in [-0.2, -0.15) is 0 Å². The van der Waals surface area contributed by atoms with Crippen molar-refractivity contribution in [3.8, 4) is 0 Å². The van der Waals surface area contributed by atoms with E-state index >= 15 is 0 Å². The normalized spacial score (nSPS) is 32.1. The molecule has 0 radical (unpaired) electrons. The van der Waals surface area contributed by atoms with Gasteiger partial charge in [-0.3, -0.25) is 0 Å². The molecule has 1 unspecified atom stereocenters. The van der Waals surface area contributed by atoms with E-state index in [1.165, 1.54) is 19.3 Å². The lowest BCUT2D eigenvalue weighted by Crippen LogP contribution is -1.88. The Kier molecular flexibility index (Phi) is 2.92. The Morgan fingerprint density at radius 3 is 2.82 bits per heavy atom. The first-order valence-electron chi connectivity index (χ1n) is 4.65. The maximum absolute atomic E-state index is 2.37. The molecule has 0 aromatic heterocycles. The third-order valence-electron chi connectivity index (χ3n) is 2.51. The minimum atomic E-state index is 0.804. The van der Waals surface area contributed by atoms with Gasteiger partial charge in [0.2, 0.25) is 0 Å². The first-order chi connectivity index (χ1) is 5.29. The second kappa shape index (κ2) is 3.75. The fourth-order valence-electron chi connectivity index (χ4n) is 1.92. The molecule has 1 atom stereocenters. The predicted octanol–water partition coefficient (Wildman–Crippen LogP) is 3.70. The Hall–Kier alpha value is -0.520. The zero-order valence-electron chi connectivity index (χ0n) is 7.85. The van der Waals surface area contributed by atoms with Crippen LogP contribution in [0.25, 0.3) is 0 Å². The van der Waals surface area contributed by atoms with Gasteiger partial charge in [-0.25, -0.2) is 0 Å². The molecule has 0 nitrogen and oxygen atoms in total. The predicted molar refractivity (Wildman–Crippen MR) is 50.5 cm³/mol. The Bertz CT molecular complexity index is 184. The Morgan fingerprint density at radius 1 is 1.55 bits per heavy atom. The van der Waals surface area contributed by atoms with E-state index in [9.17, 15) is 0 Å². The maximum Gasteiger partial charge on any atom is -0.0188 e. The van der Waals surface area contributed by atoms with Gasteiger partial charge in [0.1, 0.15) is 0 Å². The molecule has 1 rings (SSSR count). The third-order valence-corrected chi connectivity index (χ3v) is 2.51. The molecule has 0 amide bonds. The second-order valence-electron chi connectivity index (χ2n) is 3.32. The van der Waals surface area contributed by atoms with Crippen LogP contribution < -0.4 is 0 Å². The number of hydrogen-bond acceptors (Lipinski definition) is 0. The average Bonchev–Trinajstić information content (AvgIpc) is 2.33. The monoisotopic (exact) mass is 150 g/mol. The zero-order valence-corrected chi connectivity index (χ0v) is 7.85. The Morgan fingerprint density at radius 2 is 2.27 bits per heavy atom. The van der Waals surface area contributed by atoms with Crippen LogP contribution in [0.3, 0.4) is 0 Å². The van der Waals surface area contributed by atoms with Crippen LogP contribution in [0.2, 0.25) is 0 Å². The molecule has 0 N–H and O–H groups in total. The van der Waals surface area contributed by atoms with Crippen molar-refractivity contribution in [1.82, 2.24) is 0 Å². The highest BCUT2D eigenvalue weighted by molar-refractivity contribution is 5.36. The molecular formula is C11H18. The molecule has 0 heterocycles. The van der Waals surface area contributed by atoms with E-state index in [-0.39, 0.29) is 0 Å². The molecule has 1 saturated carbocycles. The standard InChI is InChI=1S/C11H18/c1-4-6-10-8-7-9(3)11(10)5-2/h5-6,9H,4,7-8H2,1-3H3/b10-6-,11-5-. The first kappa shape index (κ1) is 8.58. The van der Waals surface area contributed by atoms with Crippen LogP contribution in [0.1, 0.15) is 40.0 Å². The van der Waals surface area contributed by atoms with Crippen LogP contribution >= 0.6 is 0 Å². The van der Waals surface area contributed by atoms with Gasteiger partial charge in [0.05, 0.1) is 0 Å². The molecule has 0 bridgehead atoms. The van der Waals surface area contributed by atoms with Crippen molar-refractivity contribution < 1.29 is 0 Å². The molecule has 0 heteroatoms. The van der Waals surface area contributed by atoms with E-state index in [4.69, 9.17) is 0 Å². The van der Waals surface area contributed by atoms with Gasteiger partial charge >= 0.3 is 0 Å². The minimum Gasteiger partial charge on any atom is -0.0839 e. The van der Waals surface area contributed by atoms with Gasteiger partial charge in [-0.1, -0.05) is 26.0 Å². The van der Waals surface area contributed by atoms with Crippen LogP contribution in [-0.2, 0) is 0 Å². The number of allylic oxidation sites excluding steroid dienone is 4. The molecule has 1 aliphatic rings. The summed E-state index contributed by atoms with van der Waals surface area (Å²) in [6.07, 6.45) is 8.48. The van der Waals surface area contributed by atoms with E-state index in [1.807, 2.05) is 0 Å². The molecule has 0 spiro atoms. The van der Waals surface area contributed by atoms with Gasteiger partial charge in [0, 0.05) is 0 Å². The number of hydrogen-bond donors (Lipinski definition) is 0. The molecular weight excluding hydrogens is 132 g/mol. The quantitative estimate of drug-likeness (QED) is 0.534. The smallest absolute Gasteiger partial charge is 0.0188 e. The second-order valence-corrected chi connectivity index (χ2v) is 3.32. The zero-order chi connectivity index (χ0) is 8.27. The van der Waals surface area contributed by atoms with Gasteiger partial charge in [0.25, 0.3) is 0 Å². The van der Waals surface area contributed by atoms with Crippen LogP contribution in [0, 0.1) is 5.92 Å². The van der Waals surface area contributed by atoms with Crippen molar-refractivity contribution in [3.63, 3.8) is 0 Å². The minimum absolute atomic E-state index is 0.804. The van der Waals surface area contributed by atoms with E-state index in [2.05, 4.69) is 32.9 Å². The van der Waals surface area contributed by atoms with Crippen LogP contribution in [0.4, 0.5) is 0 Å². The van der Waals surface area contributed by atoms with E-state index in [1.54, 1.807) is 11.1 Å². The Labute approximate surface area is 70.0 Å². The molecule has 62 valence electrons. The van der Waals surface area contributed by atoms with Crippen molar-refractivity contribution in [2.45, 2.75) is 40.0 Å². The van der Waals surface area contributed by atoms with Crippen LogP contribution in [0.15, 0.2) is 23.3 Å². The number of rotatable bonds is 1. The fraction of sp³-hybridized carbons (Fsp3) is 0.636. The summed E-state index contributed by atoms with van der Waals surface area (Å²) in [5.41, 5.74) is 3.19. The molecule has 0 aromatic rings. The molecule has 0 aliphatic heterocycles. The fourth-order valence-corrected chi connectivity index (χ4v) is 1.92. The SMILES string of the molecule is C/C=C1\C(=C/CC)CCC1C.